The standard InChI is InChI=1S/C37H30N4O11S2/c1-19-11-13-21(15-27(19)35(44)40-29-17-31(42)33(53(47,48)49)25-9-5-3-7-23(25)29)38-37(46)39-22-14-12-20(2)28(16-22)36(45)41-30-18-32(43)34(54(50,51)52)26-10-6-4-8-24(26)30/h3-18,42-43H,1-2H3,(H,40,44)(H,41,45)(H2,38,39,46)(H,47,48,49)(H,50,51,52). The first-order chi connectivity index (χ1) is 25.4. The van der Waals surface area contributed by atoms with E-state index in [1.165, 1.54) is 48.5 Å². The highest BCUT2D eigenvalue weighted by Gasteiger charge is 2.24. The number of fused-ring (bicyclic) bond motifs is 2. The Bertz CT molecular complexity index is 2600. The maximum absolute atomic E-state index is 13.4. The lowest BCUT2D eigenvalue weighted by molar-refractivity contribution is 0.101. The summed E-state index contributed by atoms with van der Waals surface area (Å²) in [4.78, 5) is 38.5. The van der Waals surface area contributed by atoms with E-state index in [-0.39, 0.29) is 55.4 Å². The number of amides is 4. The summed E-state index contributed by atoms with van der Waals surface area (Å²) in [5.41, 5.74) is 1.85. The minimum absolute atomic E-state index is 0.0158. The van der Waals surface area contributed by atoms with E-state index in [0.29, 0.717) is 11.1 Å². The van der Waals surface area contributed by atoms with Crippen molar-refractivity contribution in [3.05, 3.63) is 119 Å². The summed E-state index contributed by atoms with van der Waals surface area (Å²) in [6.45, 7) is 3.31. The van der Waals surface area contributed by atoms with Gasteiger partial charge in [-0.05, 0) is 49.2 Å². The number of aromatic hydroxyl groups is 2. The highest BCUT2D eigenvalue weighted by Crippen LogP contribution is 2.38. The van der Waals surface area contributed by atoms with Crippen molar-refractivity contribution in [2.24, 2.45) is 0 Å². The molecule has 0 aliphatic rings. The van der Waals surface area contributed by atoms with Crippen LogP contribution in [-0.4, -0.2) is 54.0 Å². The van der Waals surface area contributed by atoms with E-state index in [0.717, 1.165) is 12.1 Å². The predicted molar refractivity (Wildman–Crippen MR) is 202 cm³/mol. The van der Waals surface area contributed by atoms with E-state index in [2.05, 4.69) is 21.3 Å². The number of benzene rings is 6. The largest absolute Gasteiger partial charge is 0.506 e. The van der Waals surface area contributed by atoms with Crippen molar-refractivity contribution >= 4 is 82.4 Å². The van der Waals surface area contributed by atoms with Gasteiger partial charge in [0.25, 0.3) is 32.1 Å². The molecule has 8 N–H and O–H groups in total. The third kappa shape index (κ3) is 7.50. The van der Waals surface area contributed by atoms with Crippen LogP contribution in [0.5, 0.6) is 11.5 Å². The number of carbonyl (C=O) groups excluding carboxylic acids is 3. The quantitative estimate of drug-likeness (QED) is 0.0760. The molecule has 0 saturated carbocycles. The summed E-state index contributed by atoms with van der Waals surface area (Å²) in [6.07, 6.45) is 0. The average Bonchev–Trinajstić information content (AvgIpc) is 3.08. The molecule has 0 fully saturated rings. The molecule has 0 bridgehead atoms. The molecule has 0 unspecified atom stereocenters. The Morgan fingerprint density at radius 1 is 0.500 bits per heavy atom. The van der Waals surface area contributed by atoms with Crippen LogP contribution in [0.25, 0.3) is 21.5 Å². The Morgan fingerprint density at radius 2 is 0.852 bits per heavy atom. The Morgan fingerprint density at radius 3 is 1.20 bits per heavy atom. The maximum Gasteiger partial charge on any atom is 0.323 e. The molecule has 0 spiro atoms. The summed E-state index contributed by atoms with van der Waals surface area (Å²) in [6, 6.07) is 22.3. The first kappa shape index (κ1) is 37.2. The molecule has 6 rings (SSSR count). The van der Waals surface area contributed by atoms with E-state index < -0.39 is 59.4 Å². The van der Waals surface area contributed by atoms with Gasteiger partial charge in [-0.1, -0.05) is 60.7 Å². The van der Waals surface area contributed by atoms with Gasteiger partial charge in [0.05, 0.1) is 11.4 Å². The van der Waals surface area contributed by atoms with Crippen molar-refractivity contribution in [3.63, 3.8) is 0 Å². The van der Waals surface area contributed by atoms with E-state index in [9.17, 15) is 50.5 Å². The van der Waals surface area contributed by atoms with E-state index in [4.69, 9.17) is 0 Å². The summed E-state index contributed by atoms with van der Waals surface area (Å²) in [5.74, 6) is -2.84. The third-order valence-electron chi connectivity index (χ3n) is 8.44. The van der Waals surface area contributed by atoms with E-state index in [1.54, 1.807) is 50.2 Å². The average molecular weight is 771 g/mol. The van der Waals surface area contributed by atoms with Crippen LogP contribution in [0, 0.1) is 13.8 Å². The predicted octanol–water partition coefficient (Wildman–Crippen LogP) is 6.66. The number of rotatable bonds is 8. The second-order valence-electron chi connectivity index (χ2n) is 12.1. The normalized spacial score (nSPS) is 11.6. The van der Waals surface area contributed by atoms with Gasteiger partial charge in [0.1, 0.15) is 21.3 Å². The van der Waals surface area contributed by atoms with Crippen LogP contribution in [0.1, 0.15) is 31.8 Å². The molecule has 54 heavy (non-hydrogen) atoms. The number of hydrogen-bond donors (Lipinski definition) is 8. The molecule has 6 aromatic carbocycles. The molecule has 0 heterocycles. The zero-order valence-electron chi connectivity index (χ0n) is 28.2. The van der Waals surface area contributed by atoms with E-state index >= 15 is 0 Å². The van der Waals surface area contributed by atoms with Crippen LogP contribution in [0.15, 0.2) is 107 Å². The Kier molecular flexibility index (Phi) is 9.74. The molecule has 0 saturated heterocycles. The number of urea groups is 1. The van der Waals surface area contributed by atoms with Gasteiger partial charge >= 0.3 is 6.03 Å². The highest BCUT2D eigenvalue weighted by atomic mass is 32.2. The van der Waals surface area contributed by atoms with Gasteiger partial charge in [0.15, 0.2) is 0 Å². The van der Waals surface area contributed by atoms with Crippen LogP contribution in [0.3, 0.4) is 0 Å². The number of carbonyl (C=O) groups is 3. The van der Waals surface area contributed by atoms with Gasteiger partial charge < -0.3 is 31.5 Å². The fourth-order valence-corrected chi connectivity index (χ4v) is 7.54. The molecule has 0 aliphatic heterocycles. The first-order valence-electron chi connectivity index (χ1n) is 15.8. The number of anilines is 4. The van der Waals surface area contributed by atoms with Crippen molar-refractivity contribution in [3.8, 4) is 11.5 Å². The summed E-state index contributed by atoms with van der Waals surface area (Å²) in [5, 5.41) is 31.9. The number of hydrogen-bond acceptors (Lipinski definition) is 9. The molecule has 15 nitrogen and oxygen atoms in total. The van der Waals surface area contributed by atoms with Gasteiger partial charge in [0, 0.05) is 56.2 Å². The van der Waals surface area contributed by atoms with Gasteiger partial charge in [-0.25, -0.2) is 4.79 Å². The molecular formula is C37H30N4O11S2. The molecule has 4 amide bonds. The monoisotopic (exact) mass is 770 g/mol. The highest BCUT2D eigenvalue weighted by molar-refractivity contribution is 7.86. The summed E-state index contributed by atoms with van der Waals surface area (Å²) in [7, 11) is -9.60. The van der Waals surface area contributed by atoms with Gasteiger partial charge in [-0.2, -0.15) is 16.8 Å². The zero-order valence-corrected chi connectivity index (χ0v) is 29.8. The third-order valence-corrected chi connectivity index (χ3v) is 10.3. The molecule has 0 radical (unpaired) electrons. The number of phenolic OH excluding ortho intramolecular Hbond substituents is 2. The minimum Gasteiger partial charge on any atom is -0.506 e. The number of phenols is 2. The second kappa shape index (κ2) is 14.1. The fraction of sp³-hybridized carbons (Fsp3) is 0.0541. The van der Waals surface area contributed by atoms with Crippen LogP contribution < -0.4 is 21.3 Å². The van der Waals surface area contributed by atoms with Crippen molar-refractivity contribution in [1.82, 2.24) is 0 Å². The maximum atomic E-state index is 13.4. The molecule has 6 aromatic rings. The first-order valence-corrected chi connectivity index (χ1v) is 18.7. The van der Waals surface area contributed by atoms with Crippen LogP contribution in [-0.2, 0) is 20.2 Å². The van der Waals surface area contributed by atoms with Gasteiger partial charge in [0.2, 0.25) is 0 Å². The smallest absolute Gasteiger partial charge is 0.323 e. The van der Waals surface area contributed by atoms with Crippen LogP contribution in [0.4, 0.5) is 27.5 Å². The lowest BCUT2D eigenvalue weighted by atomic mass is 10.0. The van der Waals surface area contributed by atoms with E-state index in [1.807, 2.05) is 0 Å². The summed E-state index contributed by atoms with van der Waals surface area (Å²) < 4.78 is 67.1. The Labute approximate surface area is 307 Å². The molecule has 0 aromatic heterocycles. The molecular weight excluding hydrogens is 741 g/mol. The number of nitrogens with one attached hydrogen (secondary N) is 4. The second-order valence-corrected chi connectivity index (χ2v) is 14.8. The molecule has 276 valence electrons. The van der Waals surface area contributed by atoms with Crippen molar-refractivity contribution in [2.45, 2.75) is 23.6 Å². The molecule has 0 atom stereocenters. The summed E-state index contributed by atoms with van der Waals surface area (Å²) >= 11 is 0. The van der Waals surface area contributed by atoms with Crippen molar-refractivity contribution in [1.29, 1.82) is 0 Å². The molecule has 17 heteroatoms. The van der Waals surface area contributed by atoms with Crippen molar-refractivity contribution < 1.29 is 50.5 Å². The van der Waals surface area contributed by atoms with Crippen molar-refractivity contribution in [2.75, 3.05) is 21.3 Å². The van der Waals surface area contributed by atoms with Gasteiger partial charge in [-0.15, -0.1) is 0 Å². The molecule has 0 aliphatic carbocycles. The van der Waals surface area contributed by atoms with Gasteiger partial charge in [-0.3, -0.25) is 18.7 Å². The fourth-order valence-electron chi connectivity index (χ4n) is 5.98. The lowest BCUT2D eigenvalue weighted by Crippen LogP contribution is -2.21. The SMILES string of the molecule is Cc1ccc(NC(=O)Nc2ccc(C)c(C(=O)Nc3cc(O)c(S(=O)(=O)O)c4ccccc34)c2)cc1C(=O)Nc1cc(O)c(S(=O)(=O)O)c2ccccc12. The Balaban J connectivity index is 1.20. The number of aryl methyl sites for hydroxylation is 2. The van der Waals surface area contributed by atoms with Crippen LogP contribution >= 0.6 is 0 Å². The lowest BCUT2D eigenvalue weighted by Gasteiger charge is -2.15. The Hall–Kier alpha value is -6.53. The minimum atomic E-state index is -4.80. The van der Waals surface area contributed by atoms with Crippen LogP contribution in [0.2, 0.25) is 0 Å². The topological polar surface area (TPSA) is 249 Å². The zero-order chi connectivity index (χ0) is 39.1.